The zero-order valence-electron chi connectivity index (χ0n) is 9.73. The molecule has 1 fully saturated rings. The van der Waals surface area contributed by atoms with Gasteiger partial charge in [-0.05, 0) is 52.0 Å². The average molecular weight is 209 g/mol. The van der Waals surface area contributed by atoms with Crippen LogP contribution in [-0.4, -0.2) is 34.7 Å². The minimum absolute atomic E-state index is 0.150. The second-order valence-corrected chi connectivity index (χ2v) is 5.05. The van der Waals surface area contributed by atoms with E-state index in [1.165, 1.54) is 38.6 Å². The van der Waals surface area contributed by atoms with Crippen molar-refractivity contribution in [1.29, 1.82) is 0 Å². The summed E-state index contributed by atoms with van der Waals surface area (Å²) in [4.78, 5) is 2.61. The van der Waals surface area contributed by atoms with Gasteiger partial charge < -0.3 is 5.11 Å². The van der Waals surface area contributed by atoms with Gasteiger partial charge in [0.05, 0.1) is 6.10 Å². The highest BCUT2D eigenvalue weighted by atomic mass is 16.3. The fraction of sp³-hybridized carbons (Fsp3) is 0.846. The van der Waals surface area contributed by atoms with E-state index in [9.17, 15) is 5.11 Å². The Hall–Kier alpha value is -0.340. The predicted molar refractivity (Wildman–Crippen MR) is 62.8 cm³/mol. The normalized spacial score (nSPS) is 34.5. The largest absolute Gasteiger partial charge is 0.393 e. The maximum absolute atomic E-state index is 9.48. The summed E-state index contributed by atoms with van der Waals surface area (Å²) in [6.45, 7) is 3.14. The van der Waals surface area contributed by atoms with Crippen molar-refractivity contribution in [2.45, 2.75) is 63.6 Å². The Kier molecular flexibility index (Phi) is 3.81. The SMILES string of the molecule is CC(O)CC1CCCN1C1C=CCCC1. The van der Waals surface area contributed by atoms with Gasteiger partial charge in [-0.3, -0.25) is 4.90 Å². The summed E-state index contributed by atoms with van der Waals surface area (Å²) in [5, 5.41) is 9.48. The summed E-state index contributed by atoms with van der Waals surface area (Å²) in [6, 6.07) is 1.28. The first-order valence-electron chi connectivity index (χ1n) is 6.38. The highest BCUT2D eigenvalue weighted by molar-refractivity contribution is 5.01. The Morgan fingerprint density at radius 3 is 2.93 bits per heavy atom. The van der Waals surface area contributed by atoms with Gasteiger partial charge in [0.1, 0.15) is 0 Å². The molecule has 86 valence electrons. The molecular weight excluding hydrogens is 186 g/mol. The highest BCUT2D eigenvalue weighted by Gasteiger charge is 2.30. The molecule has 3 atom stereocenters. The number of likely N-dealkylation sites (tertiary alicyclic amines) is 1. The van der Waals surface area contributed by atoms with Gasteiger partial charge in [-0.25, -0.2) is 0 Å². The minimum Gasteiger partial charge on any atom is -0.393 e. The van der Waals surface area contributed by atoms with E-state index in [4.69, 9.17) is 0 Å². The Bertz CT molecular complexity index is 225. The van der Waals surface area contributed by atoms with E-state index < -0.39 is 0 Å². The monoisotopic (exact) mass is 209 g/mol. The number of aliphatic hydroxyl groups is 1. The number of hydrogen-bond acceptors (Lipinski definition) is 2. The maximum atomic E-state index is 9.48. The van der Waals surface area contributed by atoms with Crippen molar-refractivity contribution >= 4 is 0 Å². The number of aliphatic hydroxyl groups excluding tert-OH is 1. The molecule has 1 aliphatic heterocycles. The van der Waals surface area contributed by atoms with E-state index in [0.717, 1.165) is 6.42 Å². The van der Waals surface area contributed by atoms with Crippen molar-refractivity contribution in [3.63, 3.8) is 0 Å². The van der Waals surface area contributed by atoms with Crippen molar-refractivity contribution in [3.8, 4) is 0 Å². The first kappa shape index (κ1) is 11.2. The molecule has 0 aromatic rings. The van der Waals surface area contributed by atoms with E-state index in [1.807, 2.05) is 6.92 Å². The standard InChI is InChI=1S/C13H23NO/c1-11(15)10-13-8-5-9-14(13)12-6-3-2-4-7-12/h3,6,11-13,15H,2,4-5,7-10H2,1H3. The second-order valence-electron chi connectivity index (χ2n) is 5.05. The van der Waals surface area contributed by atoms with Crippen LogP contribution in [0.15, 0.2) is 12.2 Å². The van der Waals surface area contributed by atoms with Crippen LogP contribution < -0.4 is 0 Å². The van der Waals surface area contributed by atoms with Crippen LogP contribution in [0.25, 0.3) is 0 Å². The van der Waals surface area contributed by atoms with Gasteiger partial charge in [0.25, 0.3) is 0 Å². The molecule has 1 N–H and O–H groups in total. The van der Waals surface area contributed by atoms with Crippen molar-refractivity contribution < 1.29 is 5.11 Å². The molecule has 3 unspecified atom stereocenters. The third kappa shape index (κ3) is 2.82. The molecule has 2 nitrogen and oxygen atoms in total. The number of nitrogens with zero attached hydrogens (tertiary/aromatic N) is 1. The Morgan fingerprint density at radius 1 is 1.40 bits per heavy atom. The first-order chi connectivity index (χ1) is 7.27. The molecular formula is C13H23NO. The predicted octanol–water partition coefficient (Wildman–Crippen LogP) is 2.33. The minimum atomic E-state index is -0.150. The van der Waals surface area contributed by atoms with Crippen LogP contribution in [0.4, 0.5) is 0 Å². The highest BCUT2D eigenvalue weighted by Crippen LogP contribution is 2.28. The summed E-state index contributed by atoms with van der Waals surface area (Å²) in [7, 11) is 0. The Morgan fingerprint density at radius 2 is 2.27 bits per heavy atom. The van der Waals surface area contributed by atoms with Crippen LogP contribution in [0.2, 0.25) is 0 Å². The fourth-order valence-corrected chi connectivity index (χ4v) is 3.01. The van der Waals surface area contributed by atoms with Gasteiger partial charge in [-0.2, -0.15) is 0 Å². The summed E-state index contributed by atoms with van der Waals surface area (Å²) in [6.07, 6.45) is 12.0. The van der Waals surface area contributed by atoms with Crippen LogP contribution >= 0.6 is 0 Å². The molecule has 0 amide bonds. The summed E-state index contributed by atoms with van der Waals surface area (Å²) >= 11 is 0. The van der Waals surface area contributed by atoms with Crippen molar-refractivity contribution in [2.75, 3.05) is 6.54 Å². The first-order valence-corrected chi connectivity index (χ1v) is 6.38. The zero-order chi connectivity index (χ0) is 10.7. The van der Waals surface area contributed by atoms with E-state index in [2.05, 4.69) is 17.1 Å². The lowest BCUT2D eigenvalue weighted by Gasteiger charge is -2.33. The molecule has 0 aromatic carbocycles. The quantitative estimate of drug-likeness (QED) is 0.721. The lowest BCUT2D eigenvalue weighted by Crippen LogP contribution is -2.40. The molecule has 2 aliphatic rings. The smallest absolute Gasteiger partial charge is 0.0527 e. The molecule has 1 saturated heterocycles. The molecule has 0 radical (unpaired) electrons. The van der Waals surface area contributed by atoms with E-state index >= 15 is 0 Å². The number of hydrogen-bond donors (Lipinski definition) is 1. The van der Waals surface area contributed by atoms with E-state index in [0.29, 0.717) is 12.1 Å². The van der Waals surface area contributed by atoms with Gasteiger partial charge in [-0.1, -0.05) is 12.2 Å². The van der Waals surface area contributed by atoms with Gasteiger partial charge in [-0.15, -0.1) is 0 Å². The van der Waals surface area contributed by atoms with Crippen molar-refractivity contribution in [3.05, 3.63) is 12.2 Å². The van der Waals surface area contributed by atoms with E-state index in [-0.39, 0.29) is 6.10 Å². The molecule has 0 bridgehead atoms. The molecule has 15 heavy (non-hydrogen) atoms. The summed E-state index contributed by atoms with van der Waals surface area (Å²) in [5.74, 6) is 0. The van der Waals surface area contributed by atoms with Crippen LogP contribution in [0, 0.1) is 0 Å². The third-order valence-corrected chi connectivity index (χ3v) is 3.69. The van der Waals surface area contributed by atoms with E-state index in [1.54, 1.807) is 0 Å². The van der Waals surface area contributed by atoms with Crippen LogP contribution in [0.1, 0.15) is 45.4 Å². The van der Waals surface area contributed by atoms with Gasteiger partial charge in [0.15, 0.2) is 0 Å². The fourth-order valence-electron chi connectivity index (χ4n) is 3.01. The number of rotatable bonds is 3. The second kappa shape index (κ2) is 5.13. The molecule has 0 aromatic heterocycles. The molecule has 1 heterocycles. The maximum Gasteiger partial charge on any atom is 0.0527 e. The summed E-state index contributed by atoms with van der Waals surface area (Å²) < 4.78 is 0. The lowest BCUT2D eigenvalue weighted by molar-refractivity contribution is 0.117. The van der Waals surface area contributed by atoms with Crippen LogP contribution in [-0.2, 0) is 0 Å². The van der Waals surface area contributed by atoms with Crippen molar-refractivity contribution in [2.24, 2.45) is 0 Å². The molecule has 2 rings (SSSR count). The molecule has 1 aliphatic carbocycles. The third-order valence-electron chi connectivity index (χ3n) is 3.69. The molecule has 2 heteroatoms. The van der Waals surface area contributed by atoms with Crippen molar-refractivity contribution in [1.82, 2.24) is 4.90 Å². The topological polar surface area (TPSA) is 23.5 Å². The van der Waals surface area contributed by atoms with Gasteiger partial charge in [0.2, 0.25) is 0 Å². The number of allylic oxidation sites excluding steroid dienone is 1. The molecule has 0 saturated carbocycles. The van der Waals surface area contributed by atoms with Crippen LogP contribution in [0.3, 0.4) is 0 Å². The zero-order valence-corrected chi connectivity index (χ0v) is 9.73. The Balaban J connectivity index is 1.94. The summed E-state index contributed by atoms with van der Waals surface area (Å²) in [5.41, 5.74) is 0. The van der Waals surface area contributed by atoms with Gasteiger partial charge >= 0.3 is 0 Å². The average Bonchev–Trinajstić information content (AvgIpc) is 2.66. The lowest BCUT2D eigenvalue weighted by atomic mass is 9.99. The van der Waals surface area contributed by atoms with Gasteiger partial charge in [0, 0.05) is 12.1 Å². The van der Waals surface area contributed by atoms with Crippen LogP contribution in [0.5, 0.6) is 0 Å². The Labute approximate surface area is 93.0 Å². The molecule has 0 spiro atoms.